The summed E-state index contributed by atoms with van der Waals surface area (Å²) in [5.74, 6) is 1.56. The fourth-order valence-corrected chi connectivity index (χ4v) is 1.86. The van der Waals surface area contributed by atoms with Gasteiger partial charge in [0.1, 0.15) is 0 Å². The molecule has 0 aliphatic carbocycles. The summed E-state index contributed by atoms with van der Waals surface area (Å²) in [6.45, 7) is 3.20. The van der Waals surface area contributed by atoms with Crippen molar-refractivity contribution in [1.29, 1.82) is 5.26 Å². The van der Waals surface area contributed by atoms with Gasteiger partial charge in [-0.2, -0.15) is 5.26 Å². The van der Waals surface area contributed by atoms with E-state index in [9.17, 15) is 0 Å². The van der Waals surface area contributed by atoms with Crippen molar-refractivity contribution in [2.45, 2.75) is 31.5 Å². The van der Waals surface area contributed by atoms with E-state index in [-0.39, 0.29) is 0 Å². The summed E-state index contributed by atoms with van der Waals surface area (Å²) in [6, 6.07) is 8.07. The standard InChI is InChI=1S/C14H18BrNO2/c1-2-17-14-10-12(11-15)6-7-13(14)18-9-5-3-4-8-16/h6-7,10H,2-5,9,11H2,1H3. The van der Waals surface area contributed by atoms with Gasteiger partial charge in [-0.1, -0.05) is 22.0 Å². The number of rotatable bonds is 8. The van der Waals surface area contributed by atoms with Crippen LogP contribution in [0.3, 0.4) is 0 Å². The number of unbranched alkanes of at least 4 members (excludes halogenated alkanes) is 2. The van der Waals surface area contributed by atoms with Crippen molar-refractivity contribution >= 4 is 15.9 Å². The molecule has 0 radical (unpaired) electrons. The molecule has 0 N–H and O–H groups in total. The van der Waals surface area contributed by atoms with Gasteiger partial charge in [0, 0.05) is 11.8 Å². The Kier molecular flexibility index (Phi) is 7.28. The van der Waals surface area contributed by atoms with Crippen LogP contribution in [0.4, 0.5) is 0 Å². The zero-order valence-electron chi connectivity index (χ0n) is 10.6. The maximum absolute atomic E-state index is 8.44. The third kappa shape index (κ3) is 4.97. The van der Waals surface area contributed by atoms with Crippen LogP contribution in [0.25, 0.3) is 0 Å². The molecule has 0 fully saturated rings. The molecule has 4 heteroatoms. The Balaban J connectivity index is 2.55. The minimum atomic E-state index is 0.588. The summed E-state index contributed by atoms with van der Waals surface area (Å²) in [6.07, 6.45) is 2.35. The van der Waals surface area contributed by atoms with Crippen molar-refractivity contribution in [3.05, 3.63) is 23.8 Å². The Bertz CT molecular complexity index is 401. The normalized spacial score (nSPS) is 9.83. The SMILES string of the molecule is CCOc1cc(CBr)ccc1OCCCCC#N. The van der Waals surface area contributed by atoms with Gasteiger partial charge < -0.3 is 9.47 Å². The summed E-state index contributed by atoms with van der Waals surface area (Å²) in [7, 11) is 0. The van der Waals surface area contributed by atoms with Crippen LogP contribution in [0, 0.1) is 11.3 Å². The molecule has 0 spiro atoms. The molecule has 18 heavy (non-hydrogen) atoms. The third-order valence-corrected chi connectivity index (χ3v) is 3.05. The molecule has 0 atom stereocenters. The highest BCUT2D eigenvalue weighted by molar-refractivity contribution is 9.08. The Morgan fingerprint density at radius 3 is 2.72 bits per heavy atom. The molecule has 0 heterocycles. The van der Waals surface area contributed by atoms with E-state index in [1.54, 1.807) is 0 Å². The lowest BCUT2D eigenvalue weighted by molar-refractivity contribution is 0.271. The van der Waals surface area contributed by atoms with E-state index in [1.807, 2.05) is 25.1 Å². The number of hydrogen-bond donors (Lipinski definition) is 0. The molecule has 1 rings (SSSR count). The predicted molar refractivity (Wildman–Crippen MR) is 75.2 cm³/mol. The van der Waals surface area contributed by atoms with Crippen LogP contribution in [-0.2, 0) is 5.33 Å². The largest absolute Gasteiger partial charge is 0.490 e. The van der Waals surface area contributed by atoms with E-state index < -0.39 is 0 Å². The number of ether oxygens (including phenoxy) is 2. The third-order valence-electron chi connectivity index (χ3n) is 2.40. The quantitative estimate of drug-likeness (QED) is 0.537. The zero-order chi connectivity index (χ0) is 13.2. The number of nitrogens with zero attached hydrogens (tertiary/aromatic N) is 1. The molecule has 0 aromatic heterocycles. The highest BCUT2D eigenvalue weighted by Crippen LogP contribution is 2.29. The van der Waals surface area contributed by atoms with Crippen LogP contribution in [0.5, 0.6) is 11.5 Å². The first-order chi connectivity index (χ1) is 8.81. The van der Waals surface area contributed by atoms with Crippen LogP contribution in [0.2, 0.25) is 0 Å². The molecule has 0 aliphatic heterocycles. The monoisotopic (exact) mass is 311 g/mol. The minimum absolute atomic E-state index is 0.588. The first-order valence-electron chi connectivity index (χ1n) is 6.13. The molecule has 0 amide bonds. The van der Waals surface area contributed by atoms with E-state index in [2.05, 4.69) is 22.0 Å². The first-order valence-corrected chi connectivity index (χ1v) is 7.25. The minimum Gasteiger partial charge on any atom is -0.490 e. The van der Waals surface area contributed by atoms with Crippen molar-refractivity contribution in [3.8, 4) is 17.6 Å². The summed E-state index contributed by atoms with van der Waals surface area (Å²) in [4.78, 5) is 0. The van der Waals surface area contributed by atoms with Crippen LogP contribution in [-0.4, -0.2) is 13.2 Å². The summed E-state index contributed by atoms with van der Waals surface area (Å²) < 4.78 is 11.2. The van der Waals surface area contributed by atoms with Crippen molar-refractivity contribution in [2.24, 2.45) is 0 Å². The van der Waals surface area contributed by atoms with Crippen LogP contribution >= 0.6 is 15.9 Å². The predicted octanol–water partition coefficient (Wildman–Crippen LogP) is 4.05. The molecule has 1 aromatic rings. The van der Waals surface area contributed by atoms with Crippen LogP contribution in [0.1, 0.15) is 31.7 Å². The lowest BCUT2D eigenvalue weighted by Gasteiger charge is -2.12. The maximum atomic E-state index is 8.44. The number of hydrogen-bond acceptors (Lipinski definition) is 3. The van der Waals surface area contributed by atoms with Gasteiger partial charge in [-0.15, -0.1) is 0 Å². The average molecular weight is 312 g/mol. The molecule has 0 aliphatic rings. The second-order valence-corrected chi connectivity index (χ2v) is 4.37. The number of nitriles is 1. The Hall–Kier alpha value is -1.21. The fourth-order valence-electron chi connectivity index (χ4n) is 1.51. The number of benzene rings is 1. The van der Waals surface area contributed by atoms with Gasteiger partial charge >= 0.3 is 0 Å². The molecular weight excluding hydrogens is 294 g/mol. The number of halogens is 1. The first kappa shape index (κ1) is 14.8. The Morgan fingerprint density at radius 2 is 2.06 bits per heavy atom. The fraction of sp³-hybridized carbons (Fsp3) is 0.500. The molecule has 3 nitrogen and oxygen atoms in total. The van der Waals surface area contributed by atoms with Gasteiger partial charge in [-0.05, 0) is 37.5 Å². The zero-order valence-corrected chi connectivity index (χ0v) is 12.2. The van der Waals surface area contributed by atoms with E-state index >= 15 is 0 Å². The second-order valence-electron chi connectivity index (χ2n) is 3.81. The molecule has 98 valence electrons. The van der Waals surface area contributed by atoms with Gasteiger partial charge in [0.05, 0.1) is 19.3 Å². The van der Waals surface area contributed by atoms with E-state index in [0.717, 1.165) is 35.2 Å². The summed E-state index contributed by atoms with van der Waals surface area (Å²) in [5, 5.41) is 9.24. The van der Waals surface area contributed by atoms with Gasteiger partial charge in [-0.3, -0.25) is 0 Å². The van der Waals surface area contributed by atoms with Gasteiger partial charge in [-0.25, -0.2) is 0 Å². The van der Waals surface area contributed by atoms with Gasteiger partial charge in [0.2, 0.25) is 0 Å². The Morgan fingerprint density at radius 1 is 1.22 bits per heavy atom. The highest BCUT2D eigenvalue weighted by Gasteiger charge is 2.05. The van der Waals surface area contributed by atoms with Crippen LogP contribution in [0.15, 0.2) is 18.2 Å². The van der Waals surface area contributed by atoms with E-state index in [1.165, 1.54) is 0 Å². The molecule has 0 saturated heterocycles. The van der Waals surface area contributed by atoms with Gasteiger partial charge in [0.25, 0.3) is 0 Å². The number of alkyl halides is 1. The molecule has 0 bridgehead atoms. The van der Waals surface area contributed by atoms with Crippen LogP contribution < -0.4 is 9.47 Å². The van der Waals surface area contributed by atoms with E-state index in [0.29, 0.717) is 19.6 Å². The summed E-state index contributed by atoms with van der Waals surface area (Å²) in [5.41, 5.74) is 1.16. The van der Waals surface area contributed by atoms with E-state index in [4.69, 9.17) is 14.7 Å². The molecule has 1 aromatic carbocycles. The smallest absolute Gasteiger partial charge is 0.161 e. The Labute approximate surface area is 117 Å². The molecule has 0 unspecified atom stereocenters. The lowest BCUT2D eigenvalue weighted by atomic mass is 10.2. The van der Waals surface area contributed by atoms with Crippen molar-refractivity contribution < 1.29 is 9.47 Å². The lowest BCUT2D eigenvalue weighted by Crippen LogP contribution is -2.01. The molecule has 0 saturated carbocycles. The summed E-state index contributed by atoms with van der Waals surface area (Å²) >= 11 is 3.42. The van der Waals surface area contributed by atoms with Crippen molar-refractivity contribution in [1.82, 2.24) is 0 Å². The van der Waals surface area contributed by atoms with Gasteiger partial charge in [0.15, 0.2) is 11.5 Å². The topological polar surface area (TPSA) is 42.2 Å². The van der Waals surface area contributed by atoms with Crippen molar-refractivity contribution in [2.75, 3.05) is 13.2 Å². The molecular formula is C14H18BrNO2. The second kappa shape index (κ2) is 8.82. The van der Waals surface area contributed by atoms with Crippen molar-refractivity contribution in [3.63, 3.8) is 0 Å². The highest BCUT2D eigenvalue weighted by atomic mass is 79.9. The average Bonchev–Trinajstić information content (AvgIpc) is 2.40. The maximum Gasteiger partial charge on any atom is 0.161 e.